The van der Waals surface area contributed by atoms with Gasteiger partial charge in [-0.25, -0.2) is 0 Å². The lowest BCUT2D eigenvalue weighted by Gasteiger charge is -2.38. The third-order valence-electron chi connectivity index (χ3n) is 2.84. The Kier molecular flexibility index (Phi) is 9.61. The highest BCUT2D eigenvalue weighted by atomic mass is 16.3. The average molecular weight is 304 g/mol. The van der Waals surface area contributed by atoms with Crippen molar-refractivity contribution in [1.82, 2.24) is 9.80 Å². The standard InChI is InChI=1S/C15H32N2O4/c1-6-15(16(7-11(2)18)8-12(3)19)17(9-13(4)20)10-14(5)21/h6,11-14,18-21H,7-10H2,1-5H3. The van der Waals surface area contributed by atoms with Gasteiger partial charge in [-0.1, -0.05) is 0 Å². The van der Waals surface area contributed by atoms with Crippen molar-refractivity contribution in [3.63, 3.8) is 0 Å². The number of nitrogens with zero attached hydrogens (tertiary/aromatic N) is 2. The summed E-state index contributed by atoms with van der Waals surface area (Å²) in [5, 5.41) is 38.6. The third-order valence-corrected chi connectivity index (χ3v) is 2.84. The Morgan fingerprint density at radius 3 is 1.10 bits per heavy atom. The fraction of sp³-hybridized carbons (Fsp3) is 0.867. The zero-order chi connectivity index (χ0) is 16.6. The predicted molar refractivity (Wildman–Crippen MR) is 83.6 cm³/mol. The Hall–Kier alpha value is -0.820. The van der Waals surface area contributed by atoms with Gasteiger partial charge in [0.25, 0.3) is 0 Å². The Morgan fingerprint density at radius 2 is 0.952 bits per heavy atom. The molecule has 0 bridgehead atoms. The number of hydrogen-bond donors (Lipinski definition) is 4. The van der Waals surface area contributed by atoms with Gasteiger partial charge in [-0.3, -0.25) is 0 Å². The van der Waals surface area contributed by atoms with E-state index in [1.165, 1.54) is 0 Å². The second-order valence-corrected chi connectivity index (χ2v) is 5.85. The average Bonchev–Trinajstić information content (AvgIpc) is 2.25. The summed E-state index contributed by atoms with van der Waals surface area (Å²) in [6.07, 6.45) is -0.301. The van der Waals surface area contributed by atoms with Crippen molar-refractivity contribution in [1.29, 1.82) is 0 Å². The highest BCUT2D eigenvalue weighted by Gasteiger charge is 2.21. The van der Waals surface area contributed by atoms with E-state index < -0.39 is 24.4 Å². The molecule has 0 aliphatic carbocycles. The summed E-state index contributed by atoms with van der Waals surface area (Å²) in [5.74, 6) is 0.790. The van der Waals surface area contributed by atoms with E-state index in [4.69, 9.17) is 0 Å². The van der Waals surface area contributed by atoms with Crippen LogP contribution in [0.5, 0.6) is 0 Å². The molecule has 4 unspecified atom stereocenters. The van der Waals surface area contributed by atoms with Crippen molar-refractivity contribution in [3.8, 4) is 0 Å². The molecule has 4 N–H and O–H groups in total. The van der Waals surface area contributed by atoms with Crippen LogP contribution in [0.1, 0.15) is 34.6 Å². The first-order valence-corrected chi connectivity index (χ1v) is 7.55. The molecular weight excluding hydrogens is 272 g/mol. The number of rotatable bonds is 10. The predicted octanol–water partition coefficient (Wildman–Crippen LogP) is -0.0251. The number of aliphatic hydroxyl groups is 4. The Labute approximate surface area is 128 Å². The normalized spacial score (nSPS) is 16.8. The lowest BCUT2D eigenvalue weighted by Crippen LogP contribution is -2.45. The Morgan fingerprint density at radius 1 is 0.714 bits per heavy atom. The Balaban J connectivity index is 5.21. The molecule has 0 spiro atoms. The zero-order valence-corrected chi connectivity index (χ0v) is 13.9. The molecule has 0 aliphatic rings. The molecule has 21 heavy (non-hydrogen) atoms. The minimum Gasteiger partial charge on any atom is -0.392 e. The SMILES string of the molecule is CC=C(N(CC(C)O)CC(C)O)N(CC(C)O)CC(C)O. The van der Waals surface area contributed by atoms with Crippen molar-refractivity contribution < 1.29 is 20.4 Å². The van der Waals surface area contributed by atoms with E-state index in [1.54, 1.807) is 27.7 Å². The molecule has 6 nitrogen and oxygen atoms in total. The maximum Gasteiger partial charge on any atom is 0.0998 e. The van der Waals surface area contributed by atoms with Gasteiger partial charge >= 0.3 is 0 Å². The molecule has 0 saturated heterocycles. The second-order valence-electron chi connectivity index (χ2n) is 5.85. The molecule has 0 aliphatic heterocycles. The van der Waals surface area contributed by atoms with Crippen LogP contribution < -0.4 is 0 Å². The van der Waals surface area contributed by atoms with Crippen LogP contribution >= 0.6 is 0 Å². The van der Waals surface area contributed by atoms with Crippen molar-refractivity contribution in [2.75, 3.05) is 26.2 Å². The van der Waals surface area contributed by atoms with Crippen molar-refractivity contribution >= 4 is 0 Å². The molecule has 0 amide bonds. The van der Waals surface area contributed by atoms with E-state index in [1.807, 2.05) is 22.8 Å². The molecule has 4 atom stereocenters. The van der Waals surface area contributed by atoms with E-state index in [0.29, 0.717) is 26.2 Å². The first-order chi connectivity index (χ1) is 9.67. The number of allylic oxidation sites excluding steroid dienone is 1. The molecule has 0 heterocycles. The smallest absolute Gasteiger partial charge is 0.0998 e. The topological polar surface area (TPSA) is 87.4 Å². The van der Waals surface area contributed by atoms with Crippen LogP contribution in [-0.4, -0.2) is 80.8 Å². The Bertz CT molecular complexity index is 258. The molecule has 0 fully saturated rings. The summed E-state index contributed by atoms with van der Waals surface area (Å²) in [6.45, 7) is 10.1. The highest BCUT2D eigenvalue weighted by Crippen LogP contribution is 2.14. The number of hydrogen-bond acceptors (Lipinski definition) is 6. The first-order valence-electron chi connectivity index (χ1n) is 7.55. The van der Waals surface area contributed by atoms with Gasteiger partial charge in [0.1, 0.15) is 0 Å². The quantitative estimate of drug-likeness (QED) is 0.454. The first kappa shape index (κ1) is 20.2. The summed E-state index contributed by atoms with van der Waals surface area (Å²) < 4.78 is 0. The van der Waals surface area contributed by atoms with Gasteiger partial charge in [-0.15, -0.1) is 0 Å². The van der Waals surface area contributed by atoms with Crippen LogP contribution in [0.2, 0.25) is 0 Å². The minimum absolute atomic E-state index is 0.376. The number of aliphatic hydroxyl groups excluding tert-OH is 4. The van der Waals surface area contributed by atoms with E-state index in [9.17, 15) is 20.4 Å². The van der Waals surface area contributed by atoms with Gasteiger partial charge < -0.3 is 30.2 Å². The summed E-state index contributed by atoms with van der Waals surface area (Å²) in [4.78, 5) is 3.75. The summed E-state index contributed by atoms with van der Waals surface area (Å²) in [7, 11) is 0. The van der Waals surface area contributed by atoms with Gasteiger partial charge in [-0.2, -0.15) is 0 Å². The molecule has 0 aromatic heterocycles. The van der Waals surface area contributed by atoms with Crippen LogP contribution in [0.25, 0.3) is 0 Å². The molecule has 6 heteroatoms. The van der Waals surface area contributed by atoms with Gasteiger partial charge in [-0.05, 0) is 40.7 Å². The highest BCUT2D eigenvalue weighted by molar-refractivity contribution is 5.01. The van der Waals surface area contributed by atoms with Gasteiger partial charge in [0.05, 0.1) is 30.2 Å². The van der Waals surface area contributed by atoms with Gasteiger partial charge in [0, 0.05) is 26.2 Å². The zero-order valence-electron chi connectivity index (χ0n) is 13.9. The van der Waals surface area contributed by atoms with Crippen molar-refractivity contribution in [2.24, 2.45) is 0 Å². The van der Waals surface area contributed by atoms with Crippen LogP contribution in [0, 0.1) is 0 Å². The van der Waals surface area contributed by atoms with Gasteiger partial charge in [0.15, 0.2) is 0 Å². The molecule has 0 saturated carbocycles. The monoisotopic (exact) mass is 304 g/mol. The van der Waals surface area contributed by atoms with Crippen molar-refractivity contribution in [2.45, 2.75) is 59.0 Å². The maximum atomic E-state index is 9.66. The van der Waals surface area contributed by atoms with Crippen LogP contribution in [0.3, 0.4) is 0 Å². The van der Waals surface area contributed by atoms with Gasteiger partial charge in [0.2, 0.25) is 0 Å². The van der Waals surface area contributed by atoms with E-state index in [0.717, 1.165) is 5.82 Å². The van der Waals surface area contributed by atoms with Crippen LogP contribution in [0.4, 0.5) is 0 Å². The molecule has 126 valence electrons. The molecule has 0 radical (unpaired) electrons. The van der Waals surface area contributed by atoms with E-state index in [2.05, 4.69) is 0 Å². The summed E-state index contributed by atoms with van der Waals surface area (Å²) >= 11 is 0. The van der Waals surface area contributed by atoms with Crippen LogP contribution in [0.15, 0.2) is 11.9 Å². The summed E-state index contributed by atoms with van der Waals surface area (Å²) in [6, 6.07) is 0. The lowest BCUT2D eigenvalue weighted by molar-refractivity contribution is 0.0505. The molecule has 0 aromatic rings. The fourth-order valence-electron chi connectivity index (χ4n) is 2.36. The molecule has 0 rings (SSSR count). The van der Waals surface area contributed by atoms with Crippen molar-refractivity contribution in [3.05, 3.63) is 11.9 Å². The minimum atomic E-state index is -0.543. The third kappa shape index (κ3) is 8.93. The van der Waals surface area contributed by atoms with E-state index in [-0.39, 0.29) is 0 Å². The fourth-order valence-corrected chi connectivity index (χ4v) is 2.36. The molecule has 0 aromatic carbocycles. The lowest BCUT2D eigenvalue weighted by atomic mass is 10.2. The largest absolute Gasteiger partial charge is 0.392 e. The van der Waals surface area contributed by atoms with E-state index >= 15 is 0 Å². The van der Waals surface area contributed by atoms with Crippen LogP contribution in [-0.2, 0) is 0 Å². The second kappa shape index (κ2) is 10.00. The maximum absolute atomic E-state index is 9.66. The summed E-state index contributed by atoms with van der Waals surface area (Å²) in [5.41, 5.74) is 0. The molecular formula is C15H32N2O4.